The highest BCUT2D eigenvalue weighted by Crippen LogP contribution is 2.29. The molecule has 1 aliphatic rings. The van der Waals surface area contributed by atoms with E-state index in [0.29, 0.717) is 24.7 Å². The molecule has 1 aromatic carbocycles. The average molecular weight is 342 g/mol. The standard InChI is InChI=1S/C21H27FN2O/c1-2-3-9-20(25)16-24(18-11-12-18)15-19-8-6-13-23(19)14-17-7-4-5-10-21(17)22/h2,4-8,10,13,18,20,25H,1,3,9,11-12,14-16H2. The molecule has 3 rings (SSSR count). The van der Waals surface area contributed by atoms with E-state index in [-0.39, 0.29) is 11.9 Å². The van der Waals surface area contributed by atoms with Crippen LogP contribution in [0.4, 0.5) is 4.39 Å². The monoisotopic (exact) mass is 342 g/mol. The van der Waals surface area contributed by atoms with Gasteiger partial charge in [-0.25, -0.2) is 4.39 Å². The molecule has 0 amide bonds. The van der Waals surface area contributed by atoms with Crippen molar-refractivity contribution in [3.05, 3.63) is 72.3 Å². The third-order valence-electron chi connectivity index (χ3n) is 4.80. The Balaban J connectivity index is 1.66. The van der Waals surface area contributed by atoms with Crippen molar-refractivity contribution >= 4 is 0 Å². The highest BCUT2D eigenvalue weighted by atomic mass is 19.1. The van der Waals surface area contributed by atoms with Gasteiger partial charge in [0.25, 0.3) is 0 Å². The Labute approximate surface area is 149 Å². The molecule has 1 N–H and O–H groups in total. The van der Waals surface area contributed by atoms with Gasteiger partial charge >= 0.3 is 0 Å². The van der Waals surface area contributed by atoms with Crippen LogP contribution in [0.15, 0.2) is 55.3 Å². The lowest BCUT2D eigenvalue weighted by Crippen LogP contribution is -2.34. The molecule has 1 saturated carbocycles. The fourth-order valence-electron chi connectivity index (χ4n) is 3.22. The second kappa shape index (κ2) is 8.45. The summed E-state index contributed by atoms with van der Waals surface area (Å²) in [7, 11) is 0. The third kappa shape index (κ3) is 5.03. The molecule has 0 bridgehead atoms. The van der Waals surface area contributed by atoms with Gasteiger partial charge in [0.15, 0.2) is 0 Å². The van der Waals surface area contributed by atoms with E-state index in [2.05, 4.69) is 22.1 Å². The zero-order valence-corrected chi connectivity index (χ0v) is 14.6. The van der Waals surface area contributed by atoms with Crippen LogP contribution in [0.2, 0.25) is 0 Å². The van der Waals surface area contributed by atoms with Gasteiger partial charge in [0.05, 0.1) is 12.6 Å². The number of aliphatic hydroxyl groups excluding tert-OH is 1. The Morgan fingerprint density at radius 1 is 1.28 bits per heavy atom. The zero-order valence-electron chi connectivity index (χ0n) is 14.6. The van der Waals surface area contributed by atoms with Gasteiger partial charge in [0.2, 0.25) is 0 Å². The van der Waals surface area contributed by atoms with Crippen LogP contribution in [0.3, 0.4) is 0 Å². The highest BCUT2D eigenvalue weighted by Gasteiger charge is 2.30. The summed E-state index contributed by atoms with van der Waals surface area (Å²) in [4.78, 5) is 2.36. The predicted molar refractivity (Wildman–Crippen MR) is 98.8 cm³/mol. The maximum absolute atomic E-state index is 13.9. The molecule has 0 spiro atoms. The van der Waals surface area contributed by atoms with E-state index in [1.807, 2.05) is 30.5 Å². The van der Waals surface area contributed by atoms with Crippen molar-refractivity contribution < 1.29 is 9.50 Å². The van der Waals surface area contributed by atoms with Crippen molar-refractivity contribution in [2.24, 2.45) is 0 Å². The SMILES string of the molecule is C=CCCC(O)CN(Cc1cccn1Cc1ccccc1F)C1CC1. The second-order valence-electron chi connectivity index (χ2n) is 6.90. The normalized spacial score (nSPS) is 15.5. The molecule has 0 aliphatic heterocycles. The Hall–Kier alpha value is -1.91. The van der Waals surface area contributed by atoms with Crippen LogP contribution in [0.5, 0.6) is 0 Å². The maximum Gasteiger partial charge on any atom is 0.128 e. The van der Waals surface area contributed by atoms with Gasteiger partial charge in [-0.2, -0.15) is 0 Å². The first kappa shape index (κ1) is 17.9. The quantitative estimate of drug-likeness (QED) is 0.662. The van der Waals surface area contributed by atoms with Gasteiger partial charge in [-0.15, -0.1) is 6.58 Å². The first-order valence-corrected chi connectivity index (χ1v) is 9.08. The Bertz CT molecular complexity index is 693. The van der Waals surface area contributed by atoms with Crippen LogP contribution in [-0.4, -0.2) is 33.3 Å². The first-order chi connectivity index (χ1) is 12.2. The summed E-state index contributed by atoms with van der Waals surface area (Å²) in [5, 5.41) is 10.3. The van der Waals surface area contributed by atoms with Crippen LogP contribution >= 0.6 is 0 Å². The topological polar surface area (TPSA) is 28.4 Å². The zero-order chi connectivity index (χ0) is 17.6. The smallest absolute Gasteiger partial charge is 0.128 e. The van der Waals surface area contributed by atoms with Crippen LogP contribution in [0.1, 0.15) is 36.9 Å². The number of hydrogen-bond acceptors (Lipinski definition) is 2. The molecular weight excluding hydrogens is 315 g/mol. The lowest BCUT2D eigenvalue weighted by atomic mass is 10.1. The molecule has 1 aliphatic carbocycles. The largest absolute Gasteiger partial charge is 0.392 e. The molecule has 1 atom stereocenters. The second-order valence-corrected chi connectivity index (χ2v) is 6.90. The number of nitrogens with zero attached hydrogens (tertiary/aromatic N) is 2. The van der Waals surface area contributed by atoms with Crippen molar-refractivity contribution in [3.8, 4) is 0 Å². The van der Waals surface area contributed by atoms with Crippen LogP contribution in [0, 0.1) is 5.82 Å². The first-order valence-electron chi connectivity index (χ1n) is 9.08. The minimum Gasteiger partial charge on any atom is -0.392 e. The molecule has 1 heterocycles. The minimum absolute atomic E-state index is 0.166. The fraction of sp³-hybridized carbons (Fsp3) is 0.429. The van der Waals surface area contributed by atoms with Crippen molar-refractivity contribution in [2.45, 2.75) is 50.9 Å². The summed E-state index contributed by atoms with van der Waals surface area (Å²) in [5.74, 6) is -0.166. The van der Waals surface area contributed by atoms with E-state index in [1.165, 1.54) is 18.9 Å². The summed E-state index contributed by atoms with van der Waals surface area (Å²) in [5.41, 5.74) is 1.86. The summed E-state index contributed by atoms with van der Waals surface area (Å²) < 4.78 is 16.0. The van der Waals surface area contributed by atoms with E-state index in [4.69, 9.17) is 0 Å². The molecule has 134 valence electrons. The molecule has 4 heteroatoms. The molecule has 1 unspecified atom stereocenters. The minimum atomic E-state index is -0.325. The van der Waals surface area contributed by atoms with Crippen molar-refractivity contribution in [2.75, 3.05) is 6.54 Å². The third-order valence-corrected chi connectivity index (χ3v) is 4.80. The van der Waals surface area contributed by atoms with E-state index < -0.39 is 0 Å². The Morgan fingerprint density at radius 2 is 2.08 bits per heavy atom. The lowest BCUT2D eigenvalue weighted by molar-refractivity contribution is 0.0967. The number of halogens is 1. The van der Waals surface area contributed by atoms with E-state index in [0.717, 1.165) is 25.1 Å². The van der Waals surface area contributed by atoms with Crippen LogP contribution in [-0.2, 0) is 13.1 Å². The molecule has 2 aromatic rings. The molecular formula is C21H27FN2O. The summed E-state index contributed by atoms with van der Waals surface area (Å²) in [6, 6.07) is 11.6. The summed E-state index contributed by atoms with van der Waals surface area (Å²) in [6.07, 6.45) is 7.51. The number of rotatable bonds is 10. The average Bonchev–Trinajstić information content (AvgIpc) is 3.37. The van der Waals surface area contributed by atoms with E-state index in [1.54, 1.807) is 6.07 Å². The fourth-order valence-corrected chi connectivity index (χ4v) is 3.22. The molecule has 0 radical (unpaired) electrons. The van der Waals surface area contributed by atoms with Gasteiger partial charge in [0, 0.05) is 36.6 Å². The highest BCUT2D eigenvalue weighted by molar-refractivity contribution is 5.19. The van der Waals surface area contributed by atoms with Gasteiger partial charge in [-0.1, -0.05) is 24.3 Å². The molecule has 3 nitrogen and oxygen atoms in total. The molecule has 0 saturated heterocycles. The molecule has 1 fully saturated rings. The van der Waals surface area contributed by atoms with Crippen molar-refractivity contribution in [1.29, 1.82) is 0 Å². The Morgan fingerprint density at radius 3 is 2.80 bits per heavy atom. The lowest BCUT2D eigenvalue weighted by Gasteiger charge is -2.25. The number of aliphatic hydroxyl groups is 1. The van der Waals surface area contributed by atoms with Gasteiger partial charge in [-0.05, 0) is 43.9 Å². The number of allylic oxidation sites excluding steroid dienone is 1. The molecule has 1 aromatic heterocycles. The maximum atomic E-state index is 13.9. The van der Waals surface area contributed by atoms with Gasteiger partial charge in [0.1, 0.15) is 5.82 Å². The summed E-state index contributed by atoms with van der Waals surface area (Å²) in [6.45, 7) is 5.73. The molecule has 25 heavy (non-hydrogen) atoms. The van der Waals surface area contributed by atoms with E-state index in [9.17, 15) is 9.50 Å². The Kier molecular flexibility index (Phi) is 6.05. The van der Waals surface area contributed by atoms with Gasteiger partial charge in [-0.3, -0.25) is 4.90 Å². The number of hydrogen-bond donors (Lipinski definition) is 1. The van der Waals surface area contributed by atoms with Crippen LogP contribution in [0.25, 0.3) is 0 Å². The number of aromatic nitrogens is 1. The van der Waals surface area contributed by atoms with Crippen LogP contribution < -0.4 is 0 Å². The summed E-state index contributed by atoms with van der Waals surface area (Å²) >= 11 is 0. The predicted octanol–water partition coefficient (Wildman–Crippen LogP) is 3.97. The van der Waals surface area contributed by atoms with E-state index >= 15 is 0 Å². The van der Waals surface area contributed by atoms with Crippen molar-refractivity contribution in [1.82, 2.24) is 9.47 Å². The van der Waals surface area contributed by atoms with Gasteiger partial charge < -0.3 is 9.67 Å². The number of benzene rings is 1. The van der Waals surface area contributed by atoms with Crippen molar-refractivity contribution in [3.63, 3.8) is 0 Å².